The first kappa shape index (κ1) is 28.0. The van der Waals surface area contributed by atoms with Crippen molar-refractivity contribution in [3.05, 3.63) is 74.2 Å². The average Bonchev–Trinajstić information content (AvgIpc) is 3.38. The van der Waals surface area contributed by atoms with Crippen molar-refractivity contribution >= 4 is 45.5 Å². The van der Waals surface area contributed by atoms with Crippen molar-refractivity contribution in [3.63, 3.8) is 0 Å². The van der Waals surface area contributed by atoms with Gasteiger partial charge in [0.15, 0.2) is 10.8 Å². The quantitative estimate of drug-likeness (QED) is 0.251. The lowest BCUT2D eigenvalue weighted by Gasteiger charge is -2.38. The topological polar surface area (TPSA) is 93.1 Å². The smallest absolute Gasteiger partial charge is 0.338 e. The van der Waals surface area contributed by atoms with E-state index in [1.54, 1.807) is 18.5 Å². The Kier molecular flexibility index (Phi) is 9.00. The maximum atomic E-state index is 14.7. The fourth-order valence-electron chi connectivity index (χ4n) is 4.46. The highest BCUT2D eigenvalue weighted by Crippen LogP contribution is 2.38. The number of aliphatic imine (C=N–C) groups is 1. The van der Waals surface area contributed by atoms with Crippen molar-refractivity contribution < 1.29 is 32.2 Å². The Morgan fingerprint density at radius 2 is 2.21 bits per heavy atom. The molecular weight excluding hydrogens is 589 g/mol. The van der Waals surface area contributed by atoms with Crippen molar-refractivity contribution in [1.29, 1.82) is 0 Å². The van der Waals surface area contributed by atoms with Crippen LogP contribution in [0.1, 0.15) is 30.0 Å². The molecule has 0 aliphatic carbocycles. The van der Waals surface area contributed by atoms with Crippen molar-refractivity contribution in [2.75, 3.05) is 26.2 Å². The van der Waals surface area contributed by atoms with Crippen LogP contribution in [0.15, 0.2) is 62.8 Å². The zero-order chi connectivity index (χ0) is 27.3. The van der Waals surface area contributed by atoms with E-state index in [1.807, 2.05) is 0 Å². The number of esters is 1. The number of hydrogen-bond acceptors (Lipinski definition) is 9. The number of benzene rings is 1. The number of carbonyl (C=O) groups is 2. The van der Waals surface area contributed by atoms with Crippen LogP contribution in [0.3, 0.4) is 0 Å². The van der Waals surface area contributed by atoms with Gasteiger partial charge < -0.3 is 14.8 Å². The van der Waals surface area contributed by atoms with Gasteiger partial charge in [-0.3, -0.25) is 14.7 Å². The molecule has 38 heavy (non-hydrogen) atoms. The van der Waals surface area contributed by atoms with Gasteiger partial charge in [0, 0.05) is 41.3 Å². The predicted octanol–water partition coefficient (Wildman–Crippen LogP) is 4.60. The summed E-state index contributed by atoms with van der Waals surface area (Å²) in [6.07, 6.45) is 3.70. The summed E-state index contributed by atoms with van der Waals surface area (Å²) in [6, 6.07) is 3.12. The molecule has 0 bridgehead atoms. The van der Waals surface area contributed by atoms with Crippen LogP contribution in [0.4, 0.5) is 13.2 Å². The lowest BCUT2D eigenvalue weighted by molar-refractivity contribution is -0.139. The van der Waals surface area contributed by atoms with Crippen LogP contribution in [-0.2, 0) is 19.1 Å². The average molecular weight is 613 g/mol. The Morgan fingerprint density at radius 1 is 1.39 bits per heavy atom. The molecule has 1 saturated heterocycles. The predicted molar refractivity (Wildman–Crippen MR) is 138 cm³/mol. The van der Waals surface area contributed by atoms with Crippen LogP contribution in [0.5, 0.6) is 0 Å². The van der Waals surface area contributed by atoms with E-state index in [4.69, 9.17) is 9.73 Å². The molecule has 202 valence electrons. The zero-order valence-corrected chi connectivity index (χ0v) is 22.6. The normalized spacial score (nSPS) is 21.7. The molecule has 0 amide bonds. The van der Waals surface area contributed by atoms with Crippen LogP contribution in [-0.4, -0.2) is 60.3 Å². The molecule has 8 nitrogen and oxygen atoms in total. The number of halogens is 4. The Bertz CT molecular complexity index is 1270. The summed E-state index contributed by atoms with van der Waals surface area (Å²) in [5.41, 5.74) is 0.956. The standard InChI is InChI=1S/C25H24BrF3N4O4S/c1-2-37-24(35)20-19(12-33-11-15(5-7-36-14-34)10-25(28,29)13-33)31-22(23-30-6-8-38-23)32-21(20)17-4-3-16(27)9-18(17)26/h3-9,14-15,21H,2,10-13H2,1H3,(H,31,32)/b7-5+. The van der Waals surface area contributed by atoms with Crippen LogP contribution in [0.2, 0.25) is 0 Å². The van der Waals surface area contributed by atoms with Gasteiger partial charge in [0.2, 0.25) is 0 Å². The van der Waals surface area contributed by atoms with E-state index in [0.717, 1.165) is 6.26 Å². The number of amidine groups is 1. The molecule has 2 atom stereocenters. The number of ether oxygens (including phenoxy) is 2. The molecule has 1 fully saturated rings. The van der Waals surface area contributed by atoms with Gasteiger partial charge in [-0.15, -0.1) is 11.3 Å². The fourth-order valence-corrected chi connectivity index (χ4v) is 5.62. The molecule has 1 aromatic heterocycles. The zero-order valence-electron chi connectivity index (χ0n) is 20.2. The summed E-state index contributed by atoms with van der Waals surface area (Å²) in [6.45, 7) is 1.59. The monoisotopic (exact) mass is 612 g/mol. The van der Waals surface area contributed by atoms with Gasteiger partial charge in [-0.05, 0) is 36.6 Å². The van der Waals surface area contributed by atoms with Crippen molar-refractivity contribution in [1.82, 2.24) is 15.2 Å². The Balaban J connectivity index is 1.77. The third-order valence-corrected chi connectivity index (χ3v) is 7.35. The van der Waals surface area contributed by atoms with Crippen LogP contribution in [0.25, 0.3) is 0 Å². The van der Waals surface area contributed by atoms with E-state index in [2.05, 4.69) is 31.0 Å². The number of thiazole rings is 1. The summed E-state index contributed by atoms with van der Waals surface area (Å²) >= 11 is 4.68. The number of nitrogens with zero attached hydrogens (tertiary/aromatic N) is 3. The van der Waals surface area contributed by atoms with Gasteiger partial charge >= 0.3 is 5.97 Å². The van der Waals surface area contributed by atoms with E-state index in [0.29, 0.717) is 26.6 Å². The number of piperidine rings is 1. The van der Waals surface area contributed by atoms with Gasteiger partial charge in [0.25, 0.3) is 12.4 Å². The van der Waals surface area contributed by atoms with Gasteiger partial charge in [-0.25, -0.2) is 22.9 Å². The van der Waals surface area contributed by atoms with Gasteiger partial charge in [0.1, 0.15) is 11.9 Å². The summed E-state index contributed by atoms with van der Waals surface area (Å²) in [4.78, 5) is 34.2. The molecule has 4 rings (SSSR count). The molecule has 1 N–H and O–H groups in total. The highest BCUT2D eigenvalue weighted by molar-refractivity contribution is 9.10. The molecule has 0 saturated carbocycles. The minimum Gasteiger partial charge on any atom is -0.463 e. The number of aromatic nitrogens is 1. The minimum atomic E-state index is -3.01. The Morgan fingerprint density at radius 3 is 2.89 bits per heavy atom. The number of nitrogens with one attached hydrogen (secondary N) is 1. The summed E-state index contributed by atoms with van der Waals surface area (Å²) in [5, 5.41) is 5.42. The van der Waals surface area contributed by atoms with E-state index < -0.39 is 42.6 Å². The molecule has 13 heteroatoms. The number of rotatable bonds is 9. The molecular formula is C25H24BrF3N4O4S. The van der Waals surface area contributed by atoms with Crippen LogP contribution >= 0.6 is 27.3 Å². The first-order chi connectivity index (χ1) is 18.2. The van der Waals surface area contributed by atoms with Crippen LogP contribution in [0, 0.1) is 11.7 Å². The first-order valence-corrected chi connectivity index (χ1v) is 13.3. The molecule has 0 spiro atoms. The lowest BCUT2D eigenvalue weighted by Crippen LogP contribution is -2.49. The summed E-state index contributed by atoms with van der Waals surface area (Å²) in [5.74, 6) is -4.40. The minimum absolute atomic E-state index is 0.0532. The number of carbonyl (C=O) groups excluding carboxylic acids is 2. The first-order valence-electron chi connectivity index (χ1n) is 11.7. The van der Waals surface area contributed by atoms with Crippen LogP contribution < -0.4 is 5.32 Å². The lowest BCUT2D eigenvalue weighted by atomic mass is 9.93. The molecule has 1 aromatic carbocycles. The van der Waals surface area contributed by atoms with E-state index >= 15 is 0 Å². The number of likely N-dealkylation sites (tertiary alicyclic amines) is 1. The Hall–Kier alpha value is -3.03. The second-order valence-corrected chi connectivity index (χ2v) is 10.4. The molecule has 2 aliphatic heterocycles. The number of alkyl halides is 2. The van der Waals surface area contributed by atoms with E-state index in [-0.39, 0.29) is 31.7 Å². The highest BCUT2D eigenvalue weighted by atomic mass is 79.9. The second-order valence-electron chi connectivity index (χ2n) is 8.67. The van der Waals surface area contributed by atoms with Crippen molar-refractivity contribution in [3.8, 4) is 0 Å². The van der Waals surface area contributed by atoms with Crippen molar-refractivity contribution in [2.24, 2.45) is 10.9 Å². The maximum absolute atomic E-state index is 14.7. The SMILES string of the molecule is CCOC(=O)C1=C(CN2CC(/C=C/OC=O)CC(F)(F)C2)NC(c2nccs2)=NC1c1ccc(F)cc1Br. The van der Waals surface area contributed by atoms with Gasteiger partial charge in [0.05, 0.1) is 25.0 Å². The second kappa shape index (κ2) is 12.2. The maximum Gasteiger partial charge on any atom is 0.338 e. The third-order valence-electron chi connectivity index (χ3n) is 5.89. The Labute approximate surface area is 229 Å². The molecule has 2 unspecified atom stereocenters. The van der Waals surface area contributed by atoms with Gasteiger partial charge in [-0.1, -0.05) is 22.0 Å². The van der Waals surface area contributed by atoms with E-state index in [9.17, 15) is 22.8 Å². The highest BCUT2D eigenvalue weighted by Gasteiger charge is 2.41. The van der Waals surface area contributed by atoms with E-state index in [1.165, 1.54) is 40.5 Å². The number of hydrogen-bond donors (Lipinski definition) is 1. The molecule has 2 aromatic rings. The summed E-state index contributed by atoms with van der Waals surface area (Å²) < 4.78 is 53.5. The van der Waals surface area contributed by atoms with Gasteiger partial charge in [-0.2, -0.15) is 0 Å². The van der Waals surface area contributed by atoms with Crippen molar-refractivity contribution in [2.45, 2.75) is 25.3 Å². The molecule has 0 radical (unpaired) electrons. The molecule has 2 aliphatic rings. The summed E-state index contributed by atoms with van der Waals surface area (Å²) in [7, 11) is 0. The largest absolute Gasteiger partial charge is 0.463 e. The fraction of sp³-hybridized carbons (Fsp3) is 0.360. The molecule has 3 heterocycles. The third kappa shape index (κ3) is 6.69.